The average molecular weight is 474 g/mol. The summed E-state index contributed by atoms with van der Waals surface area (Å²) in [6, 6.07) is 5.48. The predicted molar refractivity (Wildman–Crippen MR) is 126 cm³/mol. The van der Waals surface area contributed by atoms with Crippen LogP contribution in [0.1, 0.15) is 31.2 Å². The average Bonchev–Trinajstić information content (AvgIpc) is 3.14. The number of hydrogen-bond donors (Lipinski definition) is 1. The predicted octanol–water partition coefficient (Wildman–Crippen LogP) is 1.42. The summed E-state index contributed by atoms with van der Waals surface area (Å²) in [4.78, 5) is 46.0. The number of carbonyl (C=O) groups is 1. The zero-order valence-corrected chi connectivity index (χ0v) is 20.2. The first-order valence-electron chi connectivity index (χ1n) is 11.0. The van der Waals surface area contributed by atoms with E-state index in [1.54, 1.807) is 31.9 Å². The molecule has 1 N–H and O–H groups in total. The molecule has 0 aliphatic heterocycles. The molecule has 3 rings (SSSR count). The summed E-state index contributed by atoms with van der Waals surface area (Å²) in [6.45, 7) is 3.08. The van der Waals surface area contributed by atoms with Crippen LogP contribution in [0.5, 0.6) is 11.5 Å². The Bertz CT molecular complexity index is 1250. The lowest BCUT2D eigenvalue weighted by Crippen LogP contribution is -2.31. The van der Waals surface area contributed by atoms with Crippen molar-refractivity contribution in [2.75, 3.05) is 27.9 Å². The van der Waals surface area contributed by atoms with Crippen molar-refractivity contribution in [2.24, 2.45) is 7.05 Å². The molecule has 0 aliphatic rings. The van der Waals surface area contributed by atoms with Gasteiger partial charge in [0.05, 0.1) is 34.4 Å². The maximum atomic E-state index is 12.6. The summed E-state index contributed by atoms with van der Waals surface area (Å²) >= 11 is 0. The van der Waals surface area contributed by atoms with E-state index in [1.807, 2.05) is 24.0 Å². The van der Waals surface area contributed by atoms with Gasteiger partial charge in [-0.1, -0.05) is 13.3 Å². The summed E-state index contributed by atoms with van der Waals surface area (Å²) in [5.41, 5.74) is 0.528. The smallest absolute Gasteiger partial charge is 0.330 e. The monoisotopic (exact) mass is 473 g/mol. The molecule has 11 nitrogen and oxygen atoms in total. The summed E-state index contributed by atoms with van der Waals surface area (Å²) in [7, 11) is 6.19. The number of unbranched alkanes of at least 4 members (excludes halogenated alkanes) is 1. The lowest BCUT2D eigenvalue weighted by molar-refractivity contribution is -0.142. The number of methoxy groups -OCH3 is 3. The van der Waals surface area contributed by atoms with E-state index in [0.717, 1.165) is 18.4 Å². The van der Waals surface area contributed by atoms with Crippen LogP contribution in [0.2, 0.25) is 0 Å². The number of rotatable bonds is 11. The molecular formula is C23H31N5O6. The van der Waals surface area contributed by atoms with Crippen LogP contribution in [0, 0.1) is 0 Å². The van der Waals surface area contributed by atoms with Crippen molar-refractivity contribution >= 4 is 17.1 Å². The highest BCUT2D eigenvalue weighted by molar-refractivity contribution is 5.72. The molecule has 34 heavy (non-hydrogen) atoms. The quantitative estimate of drug-likeness (QED) is 0.415. The minimum atomic E-state index is -0.494. The second kappa shape index (κ2) is 11.0. The molecule has 0 atom stereocenters. The van der Waals surface area contributed by atoms with Crippen LogP contribution in [-0.4, -0.2) is 57.8 Å². The van der Waals surface area contributed by atoms with Gasteiger partial charge in [0.2, 0.25) is 0 Å². The standard InChI is InChI=1S/C23H31N5O6/c1-6-7-8-28-21-20(22(30)25-23(28)31)26(2)18(24-21)13-27(14-19(29)34-5)12-15-9-16(32-3)11-17(10-15)33-4/h9-11H,6-8,12-14H2,1-5H3,(H,25,30,31). The molecule has 0 spiro atoms. The number of aromatic amines is 1. The highest BCUT2D eigenvalue weighted by atomic mass is 16.5. The fraction of sp³-hybridized carbons (Fsp3) is 0.478. The molecule has 3 aromatic rings. The van der Waals surface area contributed by atoms with Gasteiger partial charge in [0.1, 0.15) is 17.3 Å². The van der Waals surface area contributed by atoms with Gasteiger partial charge >= 0.3 is 11.7 Å². The Morgan fingerprint density at radius 1 is 1.09 bits per heavy atom. The molecule has 0 aliphatic carbocycles. The number of benzene rings is 1. The van der Waals surface area contributed by atoms with Crippen molar-refractivity contribution < 1.29 is 19.0 Å². The molecule has 0 unspecified atom stereocenters. The first kappa shape index (κ1) is 25.0. The van der Waals surface area contributed by atoms with Gasteiger partial charge in [0.15, 0.2) is 11.2 Å². The number of fused-ring (bicyclic) bond motifs is 1. The number of nitrogens with zero attached hydrogens (tertiary/aromatic N) is 4. The molecule has 0 amide bonds. The summed E-state index contributed by atoms with van der Waals surface area (Å²) in [5.74, 6) is 1.38. The van der Waals surface area contributed by atoms with Gasteiger partial charge in [0, 0.05) is 26.2 Å². The van der Waals surface area contributed by atoms with Gasteiger partial charge in [-0.2, -0.15) is 0 Å². The zero-order valence-electron chi connectivity index (χ0n) is 20.2. The molecule has 1 aromatic carbocycles. The number of hydrogen-bond acceptors (Lipinski definition) is 8. The van der Waals surface area contributed by atoms with Gasteiger partial charge in [0.25, 0.3) is 5.56 Å². The maximum absolute atomic E-state index is 12.6. The summed E-state index contributed by atoms with van der Waals surface area (Å²) < 4.78 is 18.7. The molecule has 0 fully saturated rings. The Morgan fingerprint density at radius 3 is 2.35 bits per heavy atom. The Hall–Kier alpha value is -3.60. The number of esters is 1. The summed E-state index contributed by atoms with van der Waals surface area (Å²) in [6.07, 6.45) is 1.67. The number of imidazole rings is 1. The third-order valence-corrected chi connectivity index (χ3v) is 5.60. The molecule has 2 aromatic heterocycles. The van der Waals surface area contributed by atoms with E-state index in [4.69, 9.17) is 14.2 Å². The fourth-order valence-corrected chi connectivity index (χ4v) is 3.79. The second-order valence-electron chi connectivity index (χ2n) is 7.97. The number of ether oxygens (including phenoxy) is 3. The van der Waals surface area contributed by atoms with Crippen LogP contribution in [0.15, 0.2) is 27.8 Å². The molecule has 2 heterocycles. The highest BCUT2D eigenvalue weighted by Crippen LogP contribution is 2.24. The van der Waals surface area contributed by atoms with Crippen LogP contribution in [0.4, 0.5) is 0 Å². The SMILES string of the molecule is CCCCn1c(=O)[nH]c(=O)c2c1nc(CN(CC(=O)OC)Cc1cc(OC)cc(OC)c1)n2C. The topological polar surface area (TPSA) is 121 Å². The fourth-order valence-electron chi connectivity index (χ4n) is 3.79. The maximum Gasteiger partial charge on any atom is 0.330 e. The normalized spacial score (nSPS) is 11.2. The van der Waals surface area contributed by atoms with Crippen molar-refractivity contribution in [1.29, 1.82) is 0 Å². The Morgan fingerprint density at radius 2 is 1.76 bits per heavy atom. The third kappa shape index (κ3) is 5.48. The van der Waals surface area contributed by atoms with Gasteiger partial charge in [-0.15, -0.1) is 0 Å². The van der Waals surface area contributed by atoms with Crippen LogP contribution in [-0.2, 0) is 36.2 Å². The van der Waals surface area contributed by atoms with E-state index in [9.17, 15) is 14.4 Å². The first-order valence-corrected chi connectivity index (χ1v) is 11.0. The van der Waals surface area contributed by atoms with Crippen LogP contribution >= 0.6 is 0 Å². The van der Waals surface area contributed by atoms with E-state index in [1.165, 1.54) is 11.7 Å². The molecule has 0 saturated heterocycles. The van der Waals surface area contributed by atoms with Crippen LogP contribution < -0.4 is 20.7 Å². The van der Waals surface area contributed by atoms with Crippen molar-refractivity contribution in [3.63, 3.8) is 0 Å². The van der Waals surface area contributed by atoms with Crippen molar-refractivity contribution in [3.8, 4) is 11.5 Å². The van der Waals surface area contributed by atoms with E-state index >= 15 is 0 Å². The van der Waals surface area contributed by atoms with E-state index in [0.29, 0.717) is 41.6 Å². The molecule has 0 radical (unpaired) electrons. The Kier molecular flexibility index (Phi) is 8.11. The van der Waals surface area contributed by atoms with Crippen molar-refractivity contribution in [1.82, 2.24) is 24.0 Å². The van der Waals surface area contributed by atoms with Crippen LogP contribution in [0.3, 0.4) is 0 Å². The molecule has 184 valence electrons. The minimum absolute atomic E-state index is 0.00176. The van der Waals surface area contributed by atoms with Crippen molar-refractivity contribution in [3.05, 3.63) is 50.4 Å². The van der Waals surface area contributed by atoms with Gasteiger partial charge in [-0.25, -0.2) is 9.78 Å². The molecule has 11 heteroatoms. The highest BCUT2D eigenvalue weighted by Gasteiger charge is 2.20. The summed E-state index contributed by atoms with van der Waals surface area (Å²) in [5, 5.41) is 0. The lowest BCUT2D eigenvalue weighted by atomic mass is 10.2. The Labute approximate surface area is 196 Å². The molecule has 0 bridgehead atoms. The number of aromatic nitrogens is 4. The third-order valence-electron chi connectivity index (χ3n) is 5.60. The number of aryl methyl sites for hydroxylation is 2. The van der Waals surface area contributed by atoms with E-state index in [2.05, 4.69) is 9.97 Å². The number of H-pyrrole nitrogens is 1. The first-order chi connectivity index (χ1) is 16.3. The van der Waals surface area contributed by atoms with Crippen molar-refractivity contribution in [2.45, 2.75) is 39.4 Å². The minimum Gasteiger partial charge on any atom is -0.497 e. The Balaban J connectivity index is 2.01. The van der Waals surface area contributed by atoms with Crippen LogP contribution in [0.25, 0.3) is 11.2 Å². The van der Waals surface area contributed by atoms with E-state index < -0.39 is 17.2 Å². The molecular weight excluding hydrogens is 442 g/mol. The second-order valence-corrected chi connectivity index (χ2v) is 7.97. The largest absolute Gasteiger partial charge is 0.497 e. The van der Waals surface area contributed by atoms with Gasteiger partial charge < -0.3 is 18.8 Å². The van der Waals surface area contributed by atoms with E-state index in [-0.39, 0.29) is 13.1 Å². The number of carbonyl (C=O) groups excluding carboxylic acids is 1. The molecule has 0 saturated carbocycles. The zero-order chi connectivity index (χ0) is 24.8. The van der Waals surface area contributed by atoms with Gasteiger partial charge in [-0.3, -0.25) is 24.0 Å². The lowest BCUT2D eigenvalue weighted by Gasteiger charge is -2.21. The number of nitrogens with one attached hydrogen (secondary N) is 1. The van der Waals surface area contributed by atoms with Gasteiger partial charge in [-0.05, 0) is 24.1 Å².